The van der Waals surface area contributed by atoms with Crippen LogP contribution in [0.4, 0.5) is 0 Å². The molecule has 0 saturated heterocycles. The number of aliphatic hydroxyl groups excluding tert-OH is 1. The predicted octanol–water partition coefficient (Wildman–Crippen LogP) is 2.88. The molecular weight excluding hydrogens is 212 g/mol. The van der Waals surface area contributed by atoms with Crippen LogP contribution >= 0.6 is 0 Å². The third kappa shape index (κ3) is 3.21. The fourth-order valence-corrected chi connectivity index (χ4v) is 2.03. The number of aryl methyl sites for hydroxylation is 1. The predicted molar refractivity (Wildman–Crippen MR) is 69.2 cm³/mol. The van der Waals surface area contributed by atoms with Crippen molar-refractivity contribution in [1.29, 1.82) is 0 Å². The first kappa shape index (κ1) is 11.9. The number of hydrogen-bond donors (Lipinski definition) is 1. The molecule has 1 atom stereocenters. The van der Waals surface area contributed by atoms with Crippen molar-refractivity contribution in [3.8, 4) is 5.75 Å². The standard InChI is InChI=1S/C15H18O2/c1-17-14-7-4-5-12(11-14)9-10-13-6-2-3-8-15(13)16/h2-7,11,15-16H,8-10H2,1H3. The molecule has 0 amide bonds. The van der Waals surface area contributed by atoms with Gasteiger partial charge in [0, 0.05) is 0 Å². The van der Waals surface area contributed by atoms with E-state index in [1.54, 1.807) is 7.11 Å². The van der Waals surface area contributed by atoms with Crippen LogP contribution in [-0.2, 0) is 6.42 Å². The van der Waals surface area contributed by atoms with E-state index >= 15 is 0 Å². The summed E-state index contributed by atoms with van der Waals surface area (Å²) in [6, 6.07) is 8.08. The second-order valence-electron chi connectivity index (χ2n) is 4.27. The Hall–Kier alpha value is -1.54. The van der Waals surface area contributed by atoms with Gasteiger partial charge in [-0.05, 0) is 42.5 Å². The minimum absolute atomic E-state index is 0.300. The van der Waals surface area contributed by atoms with E-state index in [-0.39, 0.29) is 6.10 Å². The van der Waals surface area contributed by atoms with Gasteiger partial charge in [-0.25, -0.2) is 0 Å². The molecule has 2 nitrogen and oxygen atoms in total. The number of rotatable bonds is 4. The minimum Gasteiger partial charge on any atom is -0.497 e. The van der Waals surface area contributed by atoms with Crippen LogP contribution in [0.25, 0.3) is 0 Å². The largest absolute Gasteiger partial charge is 0.497 e. The first-order valence-electron chi connectivity index (χ1n) is 5.96. The number of hydrogen-bond acceptors (Lipinski definition) is 2. The molecular formula is C15H18O2. The molecule has 17 heavy (non-hydrogen) atoms. The summed E-state index contributed by atoms with van der Waals surface area (Å²) in [5.41, 5.74) is 2.36. The van der Waals surface area contributed by atoms with Gasteiger partial charge >= 0.3 is 0 Å². The van der Waals surface area contributed by atoms with Gasteiger partial charge in [0.2, 0.25) is 0 Å². The Morgan fingerprint density at radius 1 is 1.35 bits per heavy atom. The van der Waals surface area contributed by atoms with Crippen molar-refractivity contribution in [1.82, 2.24) is 0 Å². The van der Waals surface area contributed by atoms with E-state index in [1.807, 2.05) is 36.4 Å². The van der Waals surface area contributed by atoms with E-state index in [1.165, 1.54) is 5.56 Å². The minimum atomic E-state index is -0.300. The monoisotopic (exact) mass is 230 g/mol. The molecule has 0 saturated carbocycles. The van der Waals surface area contributed by atoms with Gasteiger partial charge in [-0.15, -0.1) is 0 Å². The third-order valence-electron chi connectivity index (χ3n) is 3.07. The molecule has 2 rings (SSSR count). The Morgan fingerprint density at radius 3 is 3.00 bits per heavy atom. The Morgan fingerprint density at radius 2 is 2.24 bits per heavy atom. The Bertz CT molecular complexity index is 432. The summed E-state index contributed by atoms with van der Waals surface area (Å²) in [5, 5.41) is 9.80. The zero-order valence-corrected chi connectivity index (χ0v) is 10.1. The molecule has 0 aromatic heterocycles. The lowest BCUT2D eigenvalue weighted by molar-refractivity contribution is 0.208. The molecule has 1 aliphatic carbocycles. The van der Waals surface area contributed by atoms with Crippen LogP contribution in [0.5, 0.6) is 5.75 Å². The summed E-state index contributed by atoms with van der Waals surface area (Å²) in [4.78, 5) is 0. The van der Waals surface area contributed by atoms with E-state index < -0.39 is 0 Å². The van der Waals surface area contributed by atoms with Crippen LogP contribution in [0.1, 0.15) is 18.4 Å². The van der Waals surface area contributed by atoms with Gasteiger partial charge < -0.3 is 9.84 Å². The van der Waals surface area contributed by atoms with Crippen molar-refractivity contribution in [2.24, 2.45) is 0 Å². The second-order valence-corrected chi connectivity index (χ2v) is 4.27. The number of benzene rings is 1. The summed E-state index contributed by atoms with van der Waals surface area (Å²) < 4.78 is 5.19. The highest BCUT2D eigenvalue weighted by Crippen LogP contribution is 2.20. The molecule has 1 unspecified atom stereocenters. The molecule has 0 fully saturated rings. The SMILES string of the molecule is COc1cccc(CCC2=CC=CCC2O)c1. The van der Waals surface area contributed by atoms with E-state index in [0.29, 0.717) is 0 Å². The highest BCUT2D eigenvalue weighted by Gasteiger charge is 2.11. The first-order chi connectivity index (χ1) is 8.29. The quantitative estimate of drug-likeness (QED) is 0.861. The Labute approximate surface area is 102 Å². The molecule has 90 valence electrons. The lowest BCUT2D eigenvalue weighted by Crippen LogP contribution is -2.12. The molecule has 0 spiro atoms. The van der Waals surface area contributed by atoms with Crippen molar-refractivity contribution in [2.75, 3.05) is 7.11 Å². The molecule has 1 N–H and O–H groups in total. The summed E-state index contributed by atoms with van der Waals surface area (Å²) in [6.07, 6.45) is 8.32. The first-order valence-corrected chi connectivity index (χ1v) is 5.96. The van der Waals surface area contributed by atoms with Gasteiger partial charge in [0.15, 0.2) is 0 Å². The van der Waals surface area contributed by atoms with Gasteiger partial charge in [-0.2, -0.15) is 0 Å². The van der Waals surface area contributed by atoms with Crippen LogP contribution in [0.15, 0.2) is 48.1 Å². The summed E-state index contributed by atoms with van der Waals surface area (Å²) in [7, 11) is 1.68. The van der Waals surface area contributed by atoms with Crippen LogP contribution in [0.3, 0.4) is 0 Å². The normalized spacial score (nSPS) is 18.9. The summed E-state index contributed by atoms with van der Waals surface area (Å²) in [6.45, 7) is 0. The molecule has 0 heterocycles. The molecule has 2 heteroatoms. The average Bonchev–Trinajstić information content (AvgIpc) is 2.38. The maximum absolute atomic E-state index is 9.80. The van der Waals surface area contributed by atoms with Crippen LogP contribution in [0.2, 0.25) is 0 Å². The van der Waals surface area contributed by atoms with Crippen LogP contribution < -0.4 is 4.74 Å². The molecule has 1 aliphatic rings. The van der Waals surface area contributed by atoms with E-state index in [0.717, 1.165) is 30.6 Å². The molecule has 0 radical (unpaired) electrons. The van der Waals surface area contributed by atoms with Gasteiger partial charge in [-0.1, -0.05) is 30.4 Å². The van der Waals surface area contributed by atoms with Crippen molar-refractivity contribution >= 4 is 0 Å². The molecule has 1 aromatic carbocycles. The fourth-order valence-electron chi connectivity index (χ4n) is 2.03. The average molecular weight is 230 g/mol. The topological polar surface area (TPSA) is 29.5 Å². The molecule has 1 aromatic rings. The van der Waals surface area contributed by atoms with Gasteiger partial charge in [-0.3, -0.25) is 0 Å². The lowest BCUT2D eigenvalue weighted by atomic mass is 9.95. The summed E-state index contributed by atoms with van der Waals surface area (Å²) >= 11 is 0. The van der Waals surface area contributed by atoms with Gasteiger partial charge in [0.1, 0.15) is 5.75 Å². The zero-order valence-electron chi connectivity index (χ0n) is 10.1. The van der Waals surface area contributed by atoms with Crippen molar-refractivity contribution < 1.29 is 9.84 Å². The number of ether oxygens (including phenoxy) is 1. The van der Waals surface area contributed by atoms with Crippen LogP contribution in [-0.4, -0.2) is 18.3 Å². The Balaban J connectivity index is 1.97. The van der Waals surface area contributed by atoms with Crippen molar-refractivity contribution in [3.63, 3.8) is 0 Å². The zero-order chi connectivity index (χ0) is 12.1. The maximum Gasteiger partial charge on any atom is 0.119 e. The highest BCUT2D eigenvalue weighted by atomic mass is 16.5. The smallest absolute Gasteiger partial charge is 0.119 e. The maximum atomic E-state index is 9.80. The van der Waals surface area contributed by atoms with E-state index in [4.69, 9.17) is 4.74 Å². The second kappa shape index (κ2) is 5.69. The number of aliphatic hydroxyl groups is 1. The van der Waals surface area contributed by atoms with Gasteiger partial charge in [0.05, 0.1) is 13.2 Å². The van der Waals surface area contributed by atoms with Crippen molar-refractivity contribution in [3.05, 3.63) is 53.6 Å². The third-order valence-corrected chi connectivity index (χ3v) is 3.07. The van der Waals surface area contributed by atoms with Gasteiger partial charge in [0.25, 0.3) is 0 Å². The van der Waals surface area contributed by atoms with Crippen LogP contribution in [0, 0.1) is 0 Å². The van der Waals surface area contributed by atoms with E-state index in [2.05, 4.69) is 6.07 Å². The summed E-state index contributed by atoms with van der Waals surface area (Å²) in [5.74, 6) is 0.889. The fraction of sp³-hybridized carbons (Fsp3) is 0.333. The Kier molecular flexibility index (Phi) is 3.99. The van der Waals surface area contributed by atoms with E-state index in [9.17, 15) is 5.11 Å². The highest BCUT2D eigenvalue weighted by molar-refractivity contribution is 5.30. The molecule has 0 bridgehead atoms. The number of allylic oxidation sites excluding steroid dienone is 2. The molecule has 0 aliphatic heterocycles. The van der Waals surface area contributed by atoms with Crippen molar-refractivity contribution in [2.45, 2.75) is 25.4 Å². The number of methoxy groups -OCH3 is 1. The lowest BCUT2D eigenvalue weighted by Gasteiger charge is -2.16.